The Hall–Kier alpha value is -3.39. The fraction of sp³-hybridized carbons (Fsp3) is 0.143. The Morgan fingerprint density at radius 1 is 1.14 bits per heavy atom. The van der Waals surface area contributed by atoms with Gasteiger partial charge in [0.1, 0.15) is 11.4 Å². The van der Waals surface area contributed by atoms with Crippen LogP contribution in [0.1, 0.15) is 24.1 Å². The number of fused-ring (bicyclic) bond motifs is 1. The first-order chi connectivity index (χ1) is 14.2. The van der Waals surface area contributed by atoms with Crippen molar-refractivity contribution in [1.29, 1.82) is 0 Å². The molecule has 2 amide bonds. The number of hydrogen-bond acceptors (Lipinski definition) is 5. The molecule has 7 nitrogen and oxygen atoms in total. The number of thioether (sulfide) groups is 1. The second-order valence-corrected chi connectivity index (χ2v) is 7.50. The van der Waals surface area contributed by atoms with E-state index in [1.54, 1.807) is 18.0 Å². The molecule has 2 aromatic carbocycles. The molecule has 2 aromatic heterocycles. The van der Waals surface area contributed by atoms with Gasteiger partial charge in [-0.3, -0.25) is 5.10 Å². The monoisotopic (exact) mass is 404 g/mol. The van der Waals surface area contributed by atoms with Crippen LogP contribution in [-0.2, 0) is 5.75 Å². The normalized spacial score (nSPS) is 11.9. The number of aromatic amines is 1. The van der Waals surface area contributed by atoms with E-state index in [0.29, 0.717) is 0 Å². The highest BCUT2D eigenvalue weighted by Gasteiger charge is 2.10. The van der Waals surface area contributed by atoms with Gasteiger partial charge in [0.25, 0.3) is 0 Å². The number of carbonyl (C=O) groups is 1. The van der Waals surface area contributed by atoms with E-state index < -0.39 is 0 Å². The lowest BCUT2D eigenvalue weighted by Crippen LogP contribution is -2.31. The van der Waals surface area contributed by atoms with E-state index in [-0.39, 0.29) is 12.1 Å². The van der Waals surface area contributed by atoms with Crippen LogP contribution in [0.15, 0.2) is 72.1 Å². The molecule has 0 saturated heterocycles. The van der Waals surface area contributed by atoms with E-state index in [2.05, 4.69) is 30.8 Å². The number of carbonyl (C=O) groups excluding carboxylic acids is 1. The maximum Gasteiger partial charge on any atom is 0.319 e. The molecule has 4 rings (SSSR count). The van der Waals surface area contributed by atoms with E-state index in [9.17, 15) is 4.79 Å². The predicted octanol–water partition coefficient (Wildman–Crippen LogP) is 4.53. The standard InChI is InChI=1S/C21H20N6OS/c1-14(16-7-3-2-4-8-16)25-21(28)26-17-9-5-6-15(10-17)12-29-20-18-11-24-27-19(18)22-13-23-20/h2-11,13-14H,12H2,1H3,(H2,25,26,28)(H,22,23,24,27)/t14-/m1/s1. The highest BCUT2D eigenvalue weighted by Crippen LogP contribution is 2.27. The molecule has 0 unspecified atom stereocenters. The van der Waals surface area contributed by atoms with E-state index in [1.807, 2.05) is 61.5 Å². The zero-order valence-electron chi connectivity index (χ0n) is 15.8. The van der Waals surface area contributed by atoms with Crippen LogP contribution in [0.5, 0.6) is 0 Å². The molecule has 0 radical (unpaired) electrons. The van der Waals surface area contributed by atoms with Gasteiger partial charge in [-0.05, 0) is 30.2 Å². The lowest BCUT2D eigenvalue weighted by molar-refractivity contribution is 0.249. The van der Waals surface area contributed by atoms with Crippen LogP contribution in [0.4, 0.5) is 10.5 Å². The third-order valence-electron chi connectivity index (χ3n) is 4.42. The summed E-state index contributed by atoms with van der Waals surface area (Å²) in [5.41, 5.74) is 3.61. The molecule has 8 heteroatoms. The van der Waals surface area contributed by atoms with Crippen molar-refractivity contribution in [2.75, 3.05) is 5.32 Å². The molecule has 3 N–H and O–H groups in total. The molecular formula is C21H20N6OS. The van der Waals surface area contributed by atoms with Gasteiger partial charge in [-0.1, -0.05) is 42.5 Å². The van der Waals surface area contributed by atoms with E-state index in [0.717, 1.165) is 38.6 Å². The summed E-state index contributed by atoms with van der Waals surface area (Å²) in [4.78, 5) is 20.8. The molecule has 0 fully saturated rings. The fourth-order valence-electron chi connectivity index (χ4n) is 2.94. The lowest BCUT2D eigenvalue weighted by atomic mass is 10.1. The Bertz CT molecular complexity index is 1110. The number of H-pyrrole nitrogens is 1. The van der Waals surface area contributed by atoms with E-state index in [4.69, 9.17) is 0 Å². The summed E-state index contributed by atoms with van der Waals surface area (Å²) < 4.78 is 0. The number of nitrogens with zero attached hydrogens (tertiary/aromatic N) is 3. The van der Waals surface area contributed by atoms with Crippen LogP contribution >= 0.6 is 11.8 Å². The number of rotatable bonds is 6. The quantitative estimate of drug-likeness (QED) is 0.324. The molecule has 0 aliphatic heterocycles. The molecule has 29 heavy (non-hydrogen) atoms. The van der Waals surface area contributed by atoms with Crippen molar-refractivity contribution in [1.82, 2.24) is 25.5 Å². The molecule has 0 spiro atoms. The number of hydrogen-bond donors (Lipinski definition) is 3. The smallest absolute Gasteiger partial charge is 0.319 e. The van der Waals surface area contributed by atoms with Crippen molar-refractivity contribution in [3.63, 3.8) is 0 Å². The first kappa shape index (κ1) is 18.9. The number of urea groups is 1. The average molecular weight is 404 g/mol. The van der Waals surface area contributed by atoms with Crippen LogP contribution in [0.3, 0.4) is 0 Å². The maximum absolute atomic E-state index is 12.3. The fourth-order valence-corrected chi connectivity index (χ4v) is 3.85. The largest absolute Gasteiger partial charge is 0.331 e. The summed E-state index contributed by atoms with van der Waals surface area (Å²) in [5.74, 6) is 0.717. The summed E-state index contributed by atoms with van der Waals surface area (Å²) in [7, 11) is 0. The molecule has 0 aliphatic rings. The molecule has 2 heterocycles. The van der Waals surface area contributed by atoms with Gasteiger partial charge in [-0.25, -0.2) is 14.8 Å². The molecule has 0 aliphatic carbocycles. The molecule has 146 valence electrons. The van der Waals surface area contributed by atoms with Crippen LogP contribution in [-0.4, -0.2) is 26.2 Å². The maximum atomic E-state index is 12.3. The van der Waals surface area contributed by atoms with Crippen molar-refractivity contribution in [3.05, 3.63) is 78.2 Å². The Kier molecular flexibility index (Phi) is 5.71. The molecule has 4 aromatic rings. The minimum absolute atomic E-state index is 0.0786. The number of nitrogens with one attached hydrogen (secondary N) is 3. The Labute approximate surface area is 172 Å². The van der Waals surface area contributed by atoms with Crippen molar-refractivity contribution >= 4 is 34.5 Å². The van der Waals surface area contributed by atoms with Gasteiger partial charge in [0.15, 0.2) is 5.65 Å². The van der Waals surface area contributed by atoms with E-state index >= 15 is 0 Å². The Morgan fingerprint density at radius 3 is 2.86 bits per heavy atom. The van der Waals surface area contributed by atoms with Gasteiger partial charge in [0.2, 0.25) is 0 Å². The van der Waals surface area contributed by atoms with Crippen molar-refractivity contribution < 1.29 is 4.79 Å². The van der Waals surface area contributed by atoms with Crippen molar-refractivity contribution in [2.45, 2.75) is 23.7 Å². The van der Waals surface area contributed by atoms with Crippen LogP contribution in [0.25, 0.3) is 11.0 Å². The van der Waals surface area contributed by atoms with E-state index in [1.165, 1.54) is 6.33 Å². The average Bonchev–Trinajstić information content (AvgIpc) is 3.22. The topological polar surface area (TPSA) is 95.6 Å². The van der Waals surface area contributed by atoms with Crippen molar-refractivity contribution in [2.24, 2.45) is 0 Å². The third-order valence-corrected chi connectivity index (χ3v) is 5.50. The lowest BCUT2D eigenvalue weighted by Gasteiger charge is -2.15. The first-order valence-electron chi connectivity index (χ1n) is 9.17. The summed E-state index contributed by atoms with van der Waals surface area (Å²) in [6, 6.07) is 17.3. The second kappa shape index (κ2) is 8.74. The number of benzene rings is 2. The van der Waals surface area contributed by atoms with Gasteiger partial charge in [-0.2, -0.15) is 5.10 Å². The van der Waals surface area contributed by atoms with Gasteiger partial charge in [-0.15, -0.1) is 11.8 Å². The first-order valence-corrected chi connectivity index (χ1v) is 10.2. The summed E-state index contributed by atoms with van der Waals surface area (Å²) in [6.45, 7) is 1.96. The zero-order valence-corrected chi connectivity index (χ0v) is 16.6. The molecule has 0 saturated carbocycles. The summed E-state index contributed by atoms with van der Waals surface area (Å²) in [5, 5.41) is 14.5. The zero-order chi connectivity index (χ0) is 20.1. The highest BCUT2D eigenvalue weighted by atomic mass is 32.2. The van der Waals surface area contributed by atoms with Crippen LogP contribution in [0.2, 0.25) is 0 Å². The van der Waals surface area contributed by atoms with Gasteiger partial charge >= 0.3 is 6.03 Å². The molecule has 0 bridgehead atoms. The van der Waals surface area contributed by atoms with Gasteiger partial charge in [0.05, 0.1) is 17.6 Å². The van der Waals surface area contributed by atoms with Crippen LogP contribution < -0.4 is 10.6 Å². The van der Waals surface area contributed by atoms with Gasteiger partial charge in [0, 0.05) is 11.4 Å². The molecule has 1 atom stereocenters. The van der Waals surface area contributed by atoms with Crippen LogP contribution in [0, 0.1) is 0 Å². The second-order valence-electron chi connectivity index (χ2n) is 6.53. The SMILES string of the molecule is C[C@@H](NC(=O)Nc1cccc(CSc2ncnc3[nH]ncc23)c1)c1ccccc1. The number of amides is 2. The number of anilines is 1. The number of aromatic nitrogens is 4. The van der Waals surface area contributed by atoms with Gasteiger partial charge < -0.3 is 10.6 Å². The minimum Gasteiger partial charge on any atom is -0.331 e. The Balaban J connectivity index is 1.37. The highest BCUT2D eigenvalue weighted by molar-refractivity contribution is 7.98. The minimum atomic E-state index is -0.234. The Morgan fingerprint density at radius 2 is 2.00 bits per heavy atom. The third kappa shape index (κ3) is 4.72. The predicted molar refractivity (Wildman–Crippen MR) is 115 cm³/mol. The summed E-state index contributed by atoms with van der Waals surface area (Å²) in [6.07, 6.45) is 3.26. The summed E-state index contributed by atoms with van der Waals surface area (Å²) >= 11 is 1.60. The molecular weight excluding hydrogens is 384 g/mol. The van der Waals surface area contributed by atoms with Crippen molar-refractivity contribution in [3.8, 4) is 0 Å².